The first-order valence-electron chi connectivity index (χ1n) is 9.00. The molecule has 142 valence electrons. The Morgan fingerprint density at radius 2 is 1.89 bits per heavy atom. The van der Waals surface area contributed by atoms with E-state index in [4.69, 9.17) is 21.7 Å². The van der Waals surface area contributed by atoms with Crippen LogP contribution in [0.15, 0.2) is 34.7 Å². The molecular weight excluding hydrogens is 364 g/mol. The summed E-state index contributed by atoms with van der Waals surface area (Å²) in [6, 6.07) is 8.57. The molecule has 1 amide bonds. The third-order valence-corrected chi connectivity index (χ3v) is 4.98. The van der Waals surface area contributed by atoms with Gasteiger partial charge < -0.3 is 20.2 Å². The van der Waals surface area contributed by atoms with Crippen LogP contribution in [0.25, 0.3) is 11.3 Å². The maximum absolute atomic E-state index is 12.3. The molecule has 0 atom stereocenters. The van der Waals surface area contributed by atoms with Crippen molar-refractivity contribution in [3.63, 3.8) is 0 Å². The number of rotatable bonds is 4. The Morgan fingerprint density at radius 1 is 1.15 bits per heavy atom. The zero-order valence-corrected chi connectivity index (χ0v) is 15.9. The number of thiocarbonyl (C=S) groups is 1. The van der Waals surface area contributed by atoms with Crippen LogP contribution in [0.2, 0.25) is 0 Å². The summed E-state index contributed by atoms with van der Waals surface area (Å²) < 4.78 is 5.35. The maximum atomic E-state index is 12.3. The lowest BCUT2D eigenvalue weighted by atomic mass is 9.89. The largest absolute Gasteiger partial charge is 0.475 e. The van der Waals surface area contributed by atoms with Gasteiger partial charge in [0.15, 0.2) is 5.11 Å². The Bertz CT molecular complexity index is 869. The second kappa shape index (κ2) is 8.35. The first-order valence-corrected chi connectivity index (χ1v) is 9.41. The minimum absolute atomic E-state index is 0.0164. The van der Waals surface area contributed by atoms with Gasteiger partial charge in [-0.15, -0.1) is 0 Å². The van der Waals surface area contributed by atoms with Crippen molar-refractivity contribution in [2.45, 2.75) is 39.0 Å². The van der Waals surface area contributed by atoms with Crippen molar-refractivity contribution in [3.05, 3.63) is 41.7 Å². The van der Waals surface area contributed by atoms with Crippen molar-refractivity contribution < 1.29 is 19.1 Å². The molecule has 0 radical (unpaired) electrons. The van der Waals surface area contributed by atoms with Crippen LogP contribution in [0.5, 0.6) is 0 Å². The van der Waals surface area contributed by atoms with E-state index in [0.717, 1.165) is 42.5 Å². The van der Waals surface area contributed by atoms with Crippen LogP contribution in [-0.2, 0) is 4.79 Å². The Hall–Kier alpha value is -2.67. The highest BCUT2D eigenvalue weighted by atomic mass is 32.1. The van der Waals surface area contributed by atoms with Crippen LogP contribution in [0.4, 0.5) is 5.69 Å². The highest BCUT2D eigenvalue weighted by Gasteiger charge is 2.21. The van der Waals surface area contributed by atoms with Gasteiger partial charge in [0.05, 0.1) is 0 Å². The lowest BCUT2D eigenvalue weighted by molar-refractivity contribution is -0.124. The van der Waals surface area contributed by atoms with Crippen LogP contribution in [-0.4, -0.2) is 22.1 Å². The van der Waals surface area contributed by atoms with E-state index >= 15 is 0 Å². The number of carbonyl (C=O) groups excluding carboxylic acids is 1. The molecule has 0 bridgehead atoms. The lowest BCUT2D eigenvalue weighted by Crippen LogP contribution is -2.39. The number of furan rings is 1. The minimum atomic E-state index is -1.10. The Kier molecular flexibility index (Phi) is 5.91. The number of hydrogen-bond acceptors (Lipinski definition) is 4. The molecular formula is C20H22N2O4S. The van der Waals surface area contributed by atoms with Gasteiger partial charge in [-0.05, 0) is 67.9 Å². The van der Waals surface area contributed by atoms with Gasteiger partial charge in [0, 0.05) is 17.2 Å². The zero-order valence-electron chi connectivity index (χ0n) is 15.1. The highest BCUT2D eigenvalue weighted by Crippen LogP contribution is 2.28. The third-order valence-electron chi connectivity index (χ3n) is 4.78. The summed E-state index contributed by atoms with van der Waals surface area (Å²) in [6.07, 6.45) is 5.22. The van der Waals surface area contributed by atoms with Gasteiger partial charge in [-0.25, -0.2) is 4.79 Å². The summed E-state index contributed by atoms with van der Waals surface area (Å²) in [5, 5.41) is 15.1. The van der Waals surface area contributed by atoms with E-state index in [1.807, 2.05) is 25.1 Å². The molecule has 3 N–H and O–H groups in total. The molecule has 27 heavy (non-hydrogen) atoms. The van der Waals surface area contributed by atoms with Crippen LogP contribution in [0.1, 0.15) is 48.2 Å². The molecule has 1 aromatic heterocycles. The molecule has 7 heteroatoms. The Labute approximate surface area is 163 Å². The molecule has 6 nitrogen and oxygen atoms in total. The lowest BCUT2D eigenvalue weighted by Gasteiger charge is -2.21. The molecule has 1 saturated carbocycles. The fourth-order valence-corrected chi connectivity index (χ4v) is 3.57. The van der Waals surface area contributed by atoms with E-state index in [1.54, 1.807) is 6.07 Å². The number of benzene rings is 1. The molecule has 0 spiro atoms. The molecule has 0 saturated heterocycles. The monoisotopic (exact) mass is 386 g/mol. The predicted molar refractivity (Wildman–Crippen MR) is 107 cm³/mol. The standard InChI is InChI=1S/C20H22N2O4S/c1-12-11-14(7-8-15(12)16-9-10-17(26-16)19(24)25)21-20(27)22-18(23)13-5-3-2-4-6-13/h7-11,13H,2-6H2,1H3,(H,24,25)(H2,21,22,23,27). The van der Waals surface area contributed by atoms with Crippen molar-refractivity contribution in [2.24, 2.45) is 5.92 Å². The van der Waals surface area contributed by atoms with Crippen LogP contribution < -0.4 is 10.6 Å². The number of amides is 1. The highest BCUT2D eigenvalue weighted by molar-refractivity contribution is 7.80. The van der Waals surface area contributed by atoms with Crippen molar-refractivity contribution in [1.29, 1.82) is 0 Å². The fourth-order valence-electron chi connectivity index (χ4n) is 3.36. The van der Waals surface area contributed by atoms with Crippen LogP contribution in [0, 0.1) is 12.8 Å². The molecule has 1 aromatic carbocycles. The van der Waals surface area contributed by atoms with E-state index in [9.17, 15) is 9.59 Å². The van der Waals surface area contributed by atoms with Crippen molar-refractivity contribution in [3.8, 4) is 11.3 Å². The Morgan fingerprint density at radius 3 is 2.52 bits per heavy atom. The van der Waals surface area contributed by atoms with E-state index in [-0.39, 0.29) is 22.7 Å². The fraction of sp³-hybridized carbons (Fsp3) is 0.350. The second-order valence-corrected chi connectivity index (χ2v) is 7.19. The molecule has 3 rings (SSSR count). The average molecular weight is 386 g/mol. The van der Waals surface area contributed by atoms with Gasteiger partial charge >= 0.3 is 5.97 Å². The van der Waals surface area contributed by atoms with Gasteiger partial charge in [0.1, 0.15) is 5.76 Å². The second-order valence-electron chi connectivity index (χ2n) is 6.78. The first kappa shape index (κ1) is 19.1. The smallest absolute Gasteiger partial charge is 0.371 e. The van der Waals surface area contributed by atoms with Crippen molar-refractivity contribution in [1.82, 2.24) is 5.32 Å². The summed E-state index contributed by atoms with van der Waals surface area (Å²) in [7, 11) is 0. The molecule has 0 aliphatic heterocycles. The number of carboxylic acid groups (broad SMARTS) is 1. The summed E-state index contributed by atoms with van der Waals surface area (Å²) in [5.74, 6) is -0.679. The van der Waals surface area contributed by atoms with Gasteiger partial charge in [0.25, 0.3) is 0 Å². The SMILES string of the molecule is Cc1cc(NC(=S)NC(=O)C2CCCCC2)ccc1-c1ccc(C(=O)O)o1. The summed E-state index contributed by atoms with van der Waals surface area (Å²) in [4.78, 5) is 23.2. The van der Waals surface area contributed by atoms with Crippen molar-refractivity contribution >= 4 is 34.9 Å². The third kappa shape index (κ3) is 4.74. The van der Waals surface area contributed by atoms with E-state index in [1.165, 1.54) is 12.5 Å². The molecule has 1 heterocycles. The van der Waals surface area contributed by atoms with Gasteiger partial charge in [-0.2, -0.15) is 0 Å². The molecule has 0 unspecified atom stereocenters. The number of hydrogen-bond donors (Lipinski definition) is 3. The Balaban J connectivity index is 1.63. The number of aromatic carboxylic acids is 1. The quantitative estimate of drug-likeness (QED) is 0.677. The average Bonchev–Trinajstić information content (AvgIpc) is 3.12. The maximum Gasteiger partial charge on any atom is 0.371 e. The number of carboxylic acids is 1. The first-order chi connectivity index (χ1) is 12.9. The number of anilines is 1. The van der Waals surface area contributed by atoms with Crippen molar-refractivity contribution in [2.75, 3.05) is 5.32 Å². The molecule has 1 fully saturated rings. The zero-order chi connectivity index (χ0) is 19.4. The van der Waals surface area contributed by atoms with E-state index < -0.39 is 5.97 Å². The van der Waals surface area contributed by atoms with Crippen LogP contribution >= 0.6 is 12.2 Å². The number of nitrogens with one attached hydrogen (secondary N) is 2. The van der Waals surface area contributed by atoms with Gasteiger partial charge in [-0.3, -0.25) is 4.79 Å². The molecule has 1 aliphatic carbocycles. The number of aryl methyl sites for hydroxylation is 1. The van der Waals surface area contributed by atoms with Gasteiger partial charge in [0.2, 0.25) is 11.7 Å². The normalized spacial score (nSPS) is 14.6. The van der Waals surface area contributed by atoms with Gasteiger partial charge in [-0.1, -0.05) is 19.3 Å². The summed E-state index contributed by atoms with van der Waals surface area (Å²) in [5.41, 5.74) is 2.44. The minimum Gasteiger partial charge on any atom is -0.475 e. The predicted octanol–water partition coefficient (Wildman–Crippen LogP) is 4.35. The summed E-state index contributed by atoms with van der Waals surface area (Å²) >= 11 is 5.26. The number of carbonyl (C=O) groups is 2. The summed E-state index contributed by atoms with van der Waals surface area (Å²) in [6.45, 7) is 1.90. The topological polar surface area (TPSA) is 91.6 Å². The van der Waals surface area contributed by atoms with E-state index in [0.29, 0.717) is 5.76 Å². The van der Waals surface area contributed by atoms with E-state index in [2.05, 4.69) is 10.6 Å². The van der Waals surface area contributed by atoms with Crippen LogP contribution in [0.3, 0.4) is 0 Å². The molecule has 2 aromatic rings. The molecule has 1 aliphatic rings.